The quantitative estimate of drug-likeness (QED) is 0.279. The predicted molar refractivity (Wildman–Crippen MR) is 140 cm³/mol. The Morgan fingerprint density at radius 1 is 0.919 bits per heavy atom. The van der Waals surface area contributed by atoms with Gasteiger partial charge in [-0.25, -0.2) is 14.1 Å². The molecule has 184 valence electrons. The van der Waals surface area contributed by atoms with E-state index in [-0.39, 0.29) is 18.0 Å². The van der Waals surface area contributed by atoms with Crippen molar-refractivity contribution in [2.75, 3.05) is 4.90 Å². The number of urea groups is 1. The average Bonchev–Trinajstić information content (AvgIpc) is 2.87. The van der Waals surface area contributed by atoms with Crippen molar-refractivity contribution in [3.05, 3.63) is 113 Å². The number of hydrogen-bond donors (Lipinski definition) is 1. The molecule has 5 rings (SSSR count). The number of carbonyl (C=O) groups excluding carboxylic acids is 3. The number of imide groups is 2. The van der Waals surface area contributed by atoms with Crippen molar-refractivity contribution in [3.8, 4) is 5.75 Å². The number of barbiturate groups is 1. The lowest BCUT2D eigenvalue weighted by Gasteiger charge is -2.28. The zero-order valence-electron chi connectivity index (χ0n) is 20.2. The summed E-state index contributed by atoms with van der Waals surface area (Å²) in [7, 11) is 0. The molecule has 1 aliphatic rings. The lowest BCUT2D eigenvalue weighted by molar-refractivity contribution is -0.122. The second kappa shape index (κ2) is 9.70. The highest BCUT2D eigenvalue weighted by Gasteiger charge is 2.37. The molecule has 0 saturated carbocycles. The topological polar surface area (TPSA) is 75.7 Å². The molecule has 1 aliphatic heterocycles. The number of carbonyl (C=O) groups is 3. The molecule has 0 atom stereocenters. The fourth-order valence-electron chi connectivity index (χ4n) is 4.32. The number of benzene rings is 4. The average molecular weight is 495 g/mol. The van der Waals surface area contributed by atoms with Crippen LogP contribution in [-0.2, 0) is 16.2 Å². The van der Waals surface area contributed by atoms with Gasteiger partial charge < -0.3 is 4.74 Å². The Balaban J connectivity index is 1.60. The van der Waals surface area contributed by atoms with Crippen LogP contribution in [0.1, 0.15) is 22.3 Å². The molecule has 0 radical (unpaired) electrons. The van der Waals surface area contributed by atoms with E-state index < -0.39 is 17.8 Å². The highest BCUT2D eigenvalue weighted by Crippen LogP contribution is 2.33. The smallest absolute Gasteiger partial charge is 0.335 e. The summed E-state index contributed by atoms with van der Waals surface area (Å²) < 4.78 is 19.7. The second-order valence-corrected chi connectivity index (χ2v) is 8.86. The fraction of sp³-hybridized carbons (Fsp3) is 0.100. The molecular formula is C30H23FN2O4. The third-order valence-electron chi connectivity index (χ3n) is 6.21. The molecule has 0 bridgehead atoms. The third kappa shape index (κ3) is 4.71. The van der Waals surface area contributed by atoms with Crippen molar-refractivity contribution >= 4 is 40.4 Å². The summed E-state index contributed by atoms with van der Waals surface area (Å²) in [6, 6.07) is 21.8. The van der Waals surface area contributed by atoms with Gasteiger partial charge >= 0.3 is 6.03 Å². The maximum atomic E-state index is 13.7. The summed E-state index contributed by atoms with van der Waals surface area (Å²) in [6.45, 7) is 3.73. The highest BCUT2D eigenvalue weighted by atomic mass is 19.1. The van der Waals surface area contributed by atoms with E-state index in [2.05, 4.69) is 5.32 Å². The molecule has 4 aromatic carbocycles. The zero-order chi connectivity index (χ0) is 26.1. The first-order valence-electron chi connectivity index (χ1n) is 11.7. The van der Waals surface area contributed by atoms with Crippen molar-refractivity contribution in [2.45, 2.75) is 20.5 Å². The molecule has 0 aliphatic carbocycles. The van der Waals surface area contributed by atoms with Gasteiger partial charge in [0.05, 0.1) is 5.69 Å². The number of nitrogens with zero attached hydrogens (tertiary/aromatic N) is 1. The fourth-order valence-corrected chi connectivity index (χ4v) is 4.32. The maximum Gasteiger partial charge on any atom is 0.335 e. The van der Waals surface area contributed by atoms with Crippen LogP contribution < -0.4 is 15.0 Å². The van der Waals surface area contributed by atoms with Crippen LogP contribution in [0, 0.1) is 19.7 Å². The Labute approximate surface area is 213 Å². The first kappa shape index (κ1) is 23.9. The van der Waals surface area contributed by atoms with E-state index >= 15 is 0 Å². The minimum absolute atomic E-state index is 0.0829. The van der Waals surface area contributed by atoms with E-state index in [0.717, 1.165) is 21.2 Å². The van der Waals surface area contributed by atoms with E-state index in [1.807, 2.05) is 49.4 Å². The van der Waals surface area contributed by atoms with Gasteiger partial charge in [0.2, 0.25) is 0 Å². The van der Waals surface area contributed by atoms with Crippen LogP contribution in [-0.4, -0.2) is 17.8 Å². The predicted octanol–water partition coefficient (Wildman–Crippen LogP) is 5.84. The summed E-state index contributed by atoms with van der Waals surface area (Å²) in [5.74, 6) is -1.49. The van der Waals surface area contributed by atoms with Gasteiger partial charge in [-0.1, -0.05) is 54.6 Å². The molecule has 7 heteroatoms. The van der Waals surface area contributed by atoms with Crippen LogP contribution in [0.15, 0.2) is 84.4 Å². The number of nitrogens with one attached hydrogen (secondary N) is 1. The number of aryl methyl sites for hydroxylation is 2. The zero-order valence-corrected chi connectivity index (χ0v) is 20.2. The lowest BCUT2D eigenvalue weighted by Crippen LogP contribution is -2.54. The van der Waals surface area contributed by atoms with Crippen LogP contribution >= 0.6 is 0 Å². The largest absolute Gasteiger partial charge is 0.488 e. The third-order valence-corrected chi connectivity index (χ3v) is 6.21. The van der Waals surface area contributed by atoms with E-state index in [0.29, 0.717) is 28.1 Å². The molecule has 0 spiro atoms. The Bertz CT molecular complexity index is 1610. The summed E-state index contributed by atoms with van der Waals surface area (Å²) in [5, 5.41) is 3.91. The molecule has 6 nitrogen and oxygen atoms in total. The minimum Gasteiger partial charge on any atom is -0.488 e. The number of rotatable bonds is 5. The monoisotopic (exact) mass is 494 g/mol. The molecule has 1 fully saturated rings. The van der Waals surface area contributed by atoms with Crippen molar-refractivity contribution < 1.29 is 23.5 Å². The van der Waals surface area contributed by atoms with Gasteiger partial charge in [0, 0.05) is 5.56 Å². The van der Waals surface area contributed by atoms with Crippen LogP contribution in [0.4, 0.5) is 14.9 Å². The molecule has 1 saturated heterocycles. The summed E-state index contributed by atoms with van der Waals surface area (Å²) in [4.78, 5) is 40.2. The van der Waals surface area contributed by atoms with Gasteiger partial charge in [0.1, 0.15) is 23.7 Å². The normalized spacial score (nSPS) is 14.8. The maximum absolute atomic E-state index is 13.7. The first-order chi connectivity index (χ1) is 17.8. The molecular weight excluding hydrogens is 471 g/mol. The van der Waals surface area contributed by atoms with Gasteiger partial charge in [0.25, 0.3) is 11.8 Å². The number of anilines is 1. The Hall–Kier alpha value is -4.78. The first-order valence-corrected chi connectivity index (χ1v) is 11.7. The van der Waals surface area contributed by atoms with Crippen LogP contribution in [0.25, 0.3) is 16.8 Å². The Morgan fingerprint density at radius 3 is 2.54 bits per heavy atom. The van der Waals surface area contributed by atoms with Crippen molar-refractivity contribution in [1.29, 1.82) is 0 Å². The number of ether oxygens (including phenoxy) is 1. The molecule has 1 N–H and O–H groups in total. The number of hydrogen-bond acceptors (Lipinski definition) is 4. The molecule has 4 aromatic rings. The van der Waals surface area contributed by atoms with Crippen LogP contribution in [0.5, 0.6) is 5.75 Å². The van der Waals surface area contributed by atoms with Gasteiger partial charge in [-0.15, -0.1) is 0 Å². The van der Waals surface area contributed by atoms with E-state index in [9.17, 15) is 18.8 Å². The van der Waals surface area contributed by atoms with Crippen molar-refractivity contribution in [1.82, 2.24) is 5.32 Å². The SMILES string of the molecule is Cc1ccc(C)c(N2C(=O)NC(=O)/C(=C\c3c(OCc4cccc(F)c4)ccc4ccccc34)C2=O)c1. The summed E-state index contributed by atoms with van der Waals surface area (Å²) >= 11 is 0. The van der Waals surface area contributed by atoms with Gasteiger partial charge in [-0.2, -0.15) is 0 Å². The molecule has 37 heavy (non-hydrogen) atoms. The molecule has 0 unspecified atom stereocenters. The lowest BCUT2D eigenvalue weighted by atomic mass is 9.99. The number of amides is 4. The van der Waals surface area contributed by atoms with Gasteiger partial charge in [0.15, 0.2) is 0 Å². The van der Waals surface area contributed by atoms with Crippen LogP contribution in [0.3, 0.4) is 0 Å². The van der Waals surface area contributed by atoms with Crippen molar-refractivity contribution in [3.63, 3.8) is 0 Å². The second-order valence-electron chi connectivity index (χ2n) is 8.86. The standard InChI is InChI=1S/C30H23FN2O4/c1-18-10-11-19(2)26(14-18)33-29(35)25(28(34)32-30(33)36)16-24-23-9-4-3-7-21(23)12-13-27(24)37-17-20-6-5-8-22(31)15-20/h3-16H,17H2,1-2H3,(H,32,34,36)/b25-16+. The minimum atomic E-state index is -0.804. The Morgan fingerprint density at radius 2 is 1.73 bits per heavy atom. The molecule has 4 amide bonds. The number of halogens is 1. The highest BCUT2D eigenvalue weighted by molar-refractivity contribution is 6.39. The van der Waals surface area contributed by atoms with E-state index in [1.54, 1.807) is 31.2 Å². The molecule has 0 aromatic heterocycles. The van der Waals surface area contributed by atoms with Crippen molar-refractivity contribution in [2.24, 2.45) is 0 Å². The summed E-state index contributed by atoms with van der Waals surface area (Å²) in [6.07, 6.45) is 1.45. The van der Waals surface area contributed by atoms with Gasteiger partial charge in [-0.3, -0.25) is 14.9 Å². The summed E-state index contributed by atoms with van der Waals surface area (Å²) in [5.41, 5.74) is 2.92. The van der Waals surface area contributed by atoms with Crippen LogP contribution in [0.2, 0.25) is 0 Å². The number of fused-ring (bicyclic) bond motifs is 1. The van der Waals surface area contributed by atoms with Gasteiger partial charge in [-0.05, 0) is 71.7 Å². The molecule has 1 heterocycles. The van der Waals surface area contributed by atoms with E-state index in [4.69, 9.17) is 4.74 Å². The Kier molecular flexibility index (Phi) is 6.27. The van der Waals surface area contributed by atoms with E-state index in [1.165, 1.54) is 18.2 Å².